The lowest BCUT2D eigenvalue weighted by molar-refractivity contribution is -0.145. The van der Waals surface area contributed by atoms with E-state index in [1.54, 1.807) is 11.3 Å². The zero-order chi connectivity index (χ0) is 13.1. The van der Waals surface area contributed by atoms with Crippen molar-refractivity contribution in [3.8, 4) is 10.6 Å². The second kappa shape index (κ2) is 5.31. The molecule has 0 aliphatic rings. The summed E-state index contributed by atoms with van der Waals surface area (Å²) in [6.45, 7) is 5.29. The summed E-state index contributed by atoms with van der Waals surface area (Å²) in [7, 11) is 0. The molecule has 0 bridgehead atoms. The van der Waals surface area contributed by atoms with Crippen LogP contribution in [0.1, 0.15) is 31.2 Å². The number of benzene rings is 1. The molecule has 0 amide bonds. The summed E-state index contributed by atoms with van der Waals surface area (Å²) in [6, 6.07) is 8.22. The fourth-order valence-corrected chi connectivity index (χ4v) is 2.52. The highest BCUT2D eigenvalue weighted by molar-refractivity contribution is 7.13. The van der Waals surface area contributed by atoms with Gasteiger partial charge in [-0.15, -0.1) is 11.3 Å². The van der Waals surface area contributed by atoms with Crippen LogP contribution >= 0.6 is 11.3 Å². The Balaban J connectivity index is 2.19. The third kappa shape index (κ3) is 2.96. The van der Waals surface area contributed by atoms with Crippen LogP contribution in [-0.2, 0) is 9.53 Å². The molecule has 94 valence electrons. The molecular formula is C14H15NO2S. The summed E-state index contributed by atoms with van der Waals surface area (Å²) < 4.78 is 5.11. The number of carbonyl (C=O) groups is 1. The van der Waals surface area contributed by atoms with E-state index >= 15 is 0 Å². The Morgan fingerprint density at radius 2 is 2.00 bits per heavy atom. The van der Waals surface area contributed by atoms with Crippen molar-refractivity contribution in [1.29, 1.82) is 0 Å². The topological polar surface area (TPSA) is 39.2 Å². The smallest absolute Gasteiger partial charge is 0.303 e. The van der Waals surface area contributed by atoms with Crippen molar-refractivity contribution in [2.24, 2.45) is 0 Å². The van der Waals surface area contributed by atoms with E-state index in [0.29, 0.717) is 0 Å². The van der Waals surface area contributed by atoms with Gasteiger partial charge in [-0.2, -0.15) is 0 Å². The molecule has 1 aromatic heterocycles. The number of nitrogens with zero attached hydrogens (tertiary/aromatic N) is 1. The van der Waals surface area contributed by atoms with Crippen LogP contribution in [0.3, 0.4) is 0 Å². The van der Waals surface area contributed by atoms with Crippen LogP contribution in [0.5, 0.6) is 0 Å². The number of rotatable bonds is 3. The lowest BCUT2D eigenvalue weighted by Gasteiger charge is -2.08. The fourth-order valence-electron chi connectivity index (χ4n) is 1.61. The van der Waals surface area contributed by atoms with Crippen LogP contribution < -0.4 is 0 Å². The van der Waals surface area contributed by atoms with Gasteiger partial charge in [-0.3, -0.25) is 4.79 Å². The predicted molar refractivity (Wildman–Crippen MR) is 72.5 cm³/mol. The Bertz CT molecular complexity index is 545. The van der Waals surface area contributed by atoms with E-state index in [1.165, 1.54) is 12.5 Å². The van der Waals surface area contributed by atoms with E-state index in [2.05, 4.69) is 36.2 Å². The highest BCUT2D eigenvalue weighted by Gasteiger charge is 2.13. The maximum absolute atomic E-state index is 10.9. The zero-order valence-corrected chi connectivity index (χ0v) is 11.5. The van der Waals surface area contributed by atoms with E-state index < -0.39 is 0 Å². The molecular weight excluding hydrogens is 246 g/mol. The van der Waals surface area contributed by atoms with Gasteiger partial charge in [0.15, 0.2) is 0 Å². The van der Waals surface area contributed by atoms with E-state index in [4.69, 9.17) is 4.74 Å². The SMILES string of the molecule is CC(=O)O[C@H](C)c1csc(-c2ccc(C)cc2)n1. The lowest BCUT2D eigenvalue weighted by Crippen LogP contribution is -2.04. The van der Waals surface area contributed by atoms with Gasteiger partial charge in [0.25, 0.3) is 0 Å². The monoisotopic (exact) mass is 261 g/mol. The van der Waals surface area contributed by atoms with E-state index in [-0.39, 0.29) is 12.1 Å². The highest BCUT2D eigenvalue weighted by Crippen LogP contribution is 2.27. The normalized spacial score (nSPS) is 12.2. The first kappa shape index (κ1) is 12.8. The Kier molecular flexibility index (Phi) is 3.77. The van der Waals surface area contributed by atoms with Gasteiger partial charge < -0.3 is 4.74 Å². The minimum Gasteiger partial charge on any atom is -0.456 e. The molecule has 1 aromatic carbocycles. The summed E-state index contributed by atoms with van der Waals surface area (Å²) in [6.07, 6.45) is -0.294. The minimum atomic E-state index is -0.294. The number of hydrogen-bond donors (Lipinski definition) is 0. The highest BCUT2D eigenvalue weighted by atomic mass is 32.1. The number of ether oxygens (including phenoxy) is 1. The van der Waals surface area contributed by atoms with E-state index in [9.17, 15) is 4.79 Å². The van der Waals surface area contributed by atoms with Crippen LogP contribution in [0.2, 0.25) is 0 Å². The number of hydrogen-bond acceptors (Lipinski definition) is 4. The average Bonchev–Trinajstić information content (AvgIpc) is 2.78. The van der Waals surface area contributed by atoms with Crippen molar-refractivity contribution >= 4 is 17.3 Å². The van der Waals surface area contributed by atoms with E-state index in [1.807, 2.05) is 12.3 Å². The molecule has 0 saturated carbocycles. The fraction of sp³-hybridized carbons (Fsp3) is 0.286. The summed E-state index contributed by atoms with van der Waals surface area (Å²) in [4.78, 5) is 15.4. The first-order chi connectivity index (χ1) is 8.56. The maximum atomic E-state index is 10.9. The predicted octanol–water partition coefficient (Wildman–Crippen LogP) is 3.74. The molecule has 0 unspecified atom stereocenters. The first-order valence-electron chi connectivity index (χ1n) is 5.76. The number of aryl methyl sites for hydroxylation is 1. The molecule has 0 N–H and O–H groups in total. The third-order valence-electron chi connectivity index (χ3n) is 2.58. The van der Waals surface area contributed by atoms with Gasteiger partial charge in [-0.05, 0) is 13.8 Å². The Morgan fingerprint density at radius 3 is 2.61 bits per heavy atom. The van der Waals surface area contributed by atoms with Crippen molar-refractivity contribution in [1.82, 2.24) is 4.98 Å². The molecule has 4 heteroatoms. The molecule has 0 spiro atoms. The number of aromatic nitrogens is 1. The van der Waals surface area contributed by atoms with Crippen molar-refractivity contribution in [3.63, 3.8) is 0 Å². The van der Waals surface area contributed by atoms with Gasteiger partial charge in [0.1, 0.15) is 11.1 Å². The van der Waals surface area contributed by atoms with Crippen LogP contribution in [0.4, 0.5) is 0 Å². The Morgan fingerprint density at radius 1 is 1.33 bits per heavy atom. The number of esters is 1. The summed E-state index contributed by atoms with van der Waals surface area (Å²) in [5, 5.41) is 2.88. The molecule has 0 radical (unpaired) electrons. The zero-order valence-electron chi connectivity index (χ0n) is 10.6. The molecule has 1 heterocycles. The van der Waals surface area contributed by atoms with Crippen LogP contribution in [0.15, 0.2) is 29.6 Å². The molecule has 3 nitrogen and oxygen atoms in total. The molecule has 0 aliphatic carbocycles. The van der Waals surface area contributed by atoms with Crippen LogP contribution in [0.25, 0.3) is 10.6 Å². The molecule has 18 heavy (non-hydrogen) atoms. The molecule has 0 fully saturated rings. The van der Waals surface area contributed by atoms with Crippen LogP contribution in [0, 0.1) is 6.92 Å². The summed E-state index contributed by atoms with van der Waals surface area (Å²) in [5.41, 5.74) is 3.11. The lowest BCUT2D eigenvalue weighted by atomic mass is 10.2. The molecule has 2 aromatic rings. The van der Waals surface area contributed by atoms with Crippen molar-refractivity contribution in [2.45, 2.75) is 26.9 Å². The van der Waals surface area contributed by atoms with Crippen molar-refractivity contribution in [2.75, 3.05) is 0 Å². The Hall–Kier alpha value is -1.68. The Labute approximate surface area is 110 Å². The van der Waals surface area contributed by atoms with Gasteiger partial charge in [-0.25, -0.2) is 4.98 Å². The summed E-state index contributed by atoms with van der Waals surface area (Å²) in [5.74, 6) is -0.285. The first-order valence-corrected chi connectivity index (χ1v) is 6.64. The quantitative estimate of drug-likeness (QED) is 0.790. The largest absolute Gasteiger partial charge is 0.456 e. The third-order valence-corrected chi connectivity index (χ3v) is 3.49. The van der Waals surface area contributed by atoms with Gasteiger partial charge in [0, 0.05) is 17.9 Å². The number of carbonyl (C=O) groups excluding carboxylic acids is 1. The van der Waals surface area contributed by atoms with Crippen molar-refractivity contribution in [3.05, 3.63) is 40.9 Å². The van der Waals surface area contributed by atoms with Crippen LogP contribution in [-0.4, -0.2) is 11.0 Å². The second-order valence-electron chi connectivity index (χ2n) is 4.20. The van der Waals surface area contributed by atoms with Gasteiger partial charge in [-0.1, -0.05) is 29.8 Å². The molecule has 1 atom stereocenters. The van der Waals surface area contributed by atoms with Crippen molar-refractivity contribution < 1.29 is 9.53 Å². The molecule has 0 saturated heterocycles. The maximum Gasteiger partial charge on any atom is 0.303 e. The second-order valence-corrected chi connectivity index (χ2v) is 5.05. The standard InChI is InChI=1S/C14H15NO2S/c1-9-4-6-12(7-5-9)14-15-13(8-18-14)10(2)17-11(3)16/h4-8,10H,1-3H3/t10-/m1/s1. The number of thiazole rings is 1. The van der Waals surface area contributed by atoms with Gasteiger partial charge in [0.05, 0.1) is 5.69 Å². The average molecular weight is 261 g/mol. The van der Waals surface area contributed by atoms with Gasteiger partial charge >= 0.3 is 5.97 Å². The minimum absolute atomic E-state index is 0.285. The molecule has 0 aliphatic heterocycles. The van der Waals surface area contributed by atoms with Gasteiger partial charge in [0.2, 0.25) is 0 Å². The molecule has 2 rings (SSSR count). The van der Waals surface area contributed by atoms with E-state index in [0.717, 1.165) is 16.3 Å². The summed E-state index contributed by atoms with van der Waals surface area (Å²) >= 11 is 1.56.